The fourth-order valence-corrected chi connectivity index (χ4v) is 9.79. The van der Waals surface area contributed by atoms with Gasteiger partial charge in [0.05, 0.1) is 0 Å². The molecule has 0 saturated heterocycles. The van der Waals surface area contributed by atoms with E-state index in [2.05, 4.69) is 81.5 Å². The Bertz CT molecular complexity index is 1360. The van der Waals surface area contributed by atoms with Crippen LogP contribution in [0.1, 0.15) is 348 Å². The Morgan fingerprint density at radius 2 is 0.513 bits per heavy atom. The van der Waals surface area contributed by atoms with Gasteiger partial charge in [-0.1, -0.05) is 306 Å². The van der Waals surface area contributed by atoms with Crippen molar-refractivity contribution in [3.8, 4) is 0 Å². The molecular formula is C70H126O6. The number of unbranched alkanes of at least 4 members (excludes halogenated alkanes) is 40. The summed E-state index contributed by atoms with van der Waals surface area (Å²) >= 11 is 0. The number of carbonyl (C=O) groups is 3. The van der Waals surface area contributed by atoms with Crippen molar-refractivity contribution in [1.29, 1.82) is 0 Å². The van der Waals surface area contributed by atoms with E-state index in [-0.39, 0.29) is 31.1 Å². The van der Waals surface area contributed by atoms with Gasteiger partial charge in [-0.25, -0.2) is 0 Å². The molecule has 0 bridgehead atoms. The maximum absolute atomic E-state index is 12.9. The third kappa shape index (κ3) is 62.0. The molecule has 442 valence electrons. The lowest BCUT2D eigenvalue weighted by atomic mass is 10.0. The summed E-state index contributed by atoms with van der Waals surface area (Å²) in [6.45, 7) is 6.55. The van der Waals surface area contributed by atoms with Crippen molar-refractivity contribution in [2.24, 2.45) is 0 Å². The first-order valence-electron chi connectivity index (χ1n) is 33.3. The average molecular weight is 1060 g/mol. The van der Waals surface area contributed by atoms with Crippen LogP contribution in [0.5, 0.6) is 0 Å². The molecule has 0 fully saturated rings. The van der Waals surface area contributed by atoms with Gasteiger partial charge in [-0.2, -0.15) is 0 Å². The number of carbonyl (C=O) groups excluding carboxylic acids is 3. The van der Waals surface area contributed by atoms with Gasteiger partial charge in [0.2, 0.25) is 0 Å². The molecule has 6 heteroatoms. The number of rotatable bonds is 61. The molecule has 0 aliphatic rings. The summed E-state index contributed by atoms with van der Waals surface area (Å²) in [5.41, 5.74) is 0. The maximum atomic E-state index is 12.9. The van der Waals surface area contributed by atoms with E-state index in [0.717, 1.165) is 103 Å². The van der Waals surface area contributed by atoms with Crippen molar-refractivity contribution in [3.63, 3.8) is 0 Å². The van der Waals surface area contributed by atoms with E-state index in [1.54, 1.807) is 0 Å². The first-order chi connectivity index (χ1) is 37.5. The fourth-order valence-electron chi connectivity index (χ4n) is 9.79. The molecule has 0 rings (SSSR count). The van der Waals surface area contributed by atoms with Crippen LogP contribution in [0, 0.1) is 0 Å². The SMILES string of the molecule is CC/C=C\C/C=C\C/C=C\C/C=C\CCCCCCC(=O)OC(COC(=O)CCCCCCC/C=C\CCCCCCCCC)COC(=O)CCCCCCCCCCCCCCCCCCCCCCCCCCC. The topological polar surface area (TPSA) is 78.9 Å². The predicted molar refractivity (Wildman–Crippen MR) is 330 cm³/mol. The van der Waals surface area contributed by atoms with Crippen LogP contribution >= 0.6 is 0 Å². The summed E-state index contributed by atoms with van der Waals surface area (Å²) in [5.74, 6) is -0.897. The van der Waals surface area contributed by atoms with Crippen LogP contribution < -0.4 is 0 Å². The van der Waals surface area contributed by atoms with Gasteiger partial charge in [0.1, 0.15) is 13.2 Å². The lowest BCUT2D eigenvalue weighted by Crippen LogP contribution is -2.30. The van der Waals surface area contributed by atoms with E-state index in [9.17, 15) is 14.4 Å². The highest BCUT2D eigenvalue weighted by molar-refractivity contribution is 5.71. The number of allylic oxidation sites excluding steroid dienone is 10. The van der Waals surface area contributed by atoms with Gasteiger partial charge in [-0.05, 0) is 83.5 Å². The highest BCUT2D eigenvalue weighted by Gasteiger charge is 2.19. The van der Waals surface area contributed by atoms with Crippen molar-refractivity contribution < 1.29 is 28.6 Å². The molecular weight excluding hydrogens is 937 g/mol. The summed E-state index contributed by atoms with van der Waals surface area (Å²) in [6.07, 6.45) is 82.4. The van der Waals surface area contributed by atoms with Crippen LogP contribution in [0.3, 0.4) is 0 Å². The van der Waals surface area contributed by atoms with Gasteiger partial charge < -0.3 is 14.2 Å². The third-order valence-electron chi connectivity index (χ3n) is 14.8. The maximum Gasteiger partial charge on any atom is 0.306 e. The summed E-state index contributed by atoms with van der Waals surface area (Å²) in [7, 11) is 0. The summed E-state index contributed by atoms with van der Waals surface area (Å²) in [5, 5.41) is 0. The van der Waals surface area contributed by atoms with Crippen LogP contribution in [0.4, 0.5) is 0 Å². The summed E-state index contributed by atoms with van der Waals surface area (Å²) in [4.78, 5) is 38.3. The zero-order valence-corrected chi connectivity index (χ0v) is 50.8. The Morgan fingerprint density at radius 1 is 0.276 bits per heavy atom. The third-order valence-corrected chi connectivity index (χ3v) is 14.8. The van der Waals surface area contributed by atoms with Crippen molar-refractivity contribution in [2.45, 2.75) is 354 Å². The van der Waals surface area contributed by atoms with Gasteiger partial charge in [0, 0.05) is 19.3 Å². The minimum absolute atomic E-state index is 0.0837. The molecule has 0 heterocycles. The van der Waals surface area contributed by atoms with Crippen LogP contribution in [0.15, 0.2) is 60.8 Å². The Labute approximate surface area is 472 Å². The molecule has 76 heavy (non-hydrogen) atoms. The Kier molecular flexibility index (Phi) is 62.2. The Morgan fingerprint density at radius 3 is 0.816 bits per heavy atom. The number of hydrogen-bond acceptors (Lipinski definition) is 6. The number of ether oxygens (including phenoxy) is 3. The highest BCUT2D eigenvalue weighted by Crippen LogP contribution is 2.18. The number of esters is 3. The average Bonchev–Trinajstić information content (AvgIpc) is 3.42. The molecule has 0 N–H and O–H groups in total. The minimum atomic E-state index is -0.790. The smallest absolute Gasteiger partial charge is 0.306 e. The largest absolute Gasteiger partial charge is 0.462 e. The molecule has 0 amide bonds. The lowest BCUT2D eigenvalue weighted by Gasteiger charge is -2.18. The molecule has 0 aromatic carbocycles. The second kappa shape index (κ2) is 64.6. The molecule has 0 aliphatic heterocycles. The first kappa shape index (κ1) is 73.1. The van der Waals surface area contributed by atoms with Gasteiger partial charge in [-0.3, -0.25) is 14.4 Å². The predicted octanol–water partition coefficient (Wildman–Crippen LogP) is 22.7. The summed E-state index contributed by atoms with van der Waals surface area (Å²) in [6, 6.07) is 0. The monoisotopic (exact) mass is 1060 g/mol. The Hall–Kier alpha value is -2.89. The minimum Gasteiger partial charge on any atom is -0.462 e. The van der Waals surface area contributed by atoms with Crippen LogP contribution in [-0.4, -0.2) is 37.2 Å². The van der Waals surface area contributed by atoms with Crippen LogP contribution in [0.2, 0.25) is 0 Å². The molecule has 1 unspecified atom stereocenters. The van der Waals surface area contributed by atoms with Crippen LogP contribution in [-0.2, 0) is 28.6 Å². The molecule has 0 saturated carbocycles. The molecule has 0 spiro atoms. The van der Waals surface area contributed by atoms with E-state index in [0.29, 0.717) is 19.3 Å². The Balaban J connectivity index is 4.31. The molecule has 0 radical (unpaired) electrons. The molecule has 0 aromatic heterocycles. The van der Waals surface area contributed by atoms with Gasteiger partial charge in [0.25, 0.3) is 0 Å². The zero-order chi connectivity index (χ0) is 55.0. The van der Waals surface area contributed by atoms with E-state index in [1.165, 1.54) is 205 Å². The van der Waals surface area contributed by atoms with Crippen LogP contribution in [0.25, 0.3) is 0 Å². The fraction of sp³-hybridized carbons (Fsp3) is 0.814. The quantitative estimate of drug-likeness (QED) is 0.0261. The van der Waals surface area contributed by atoms with Gasteiger partial charge >= 0.3 is 17.9 Å². The van der Waals surface area contributed by atoms with Crippen molar-refractivity contribution >= 4 is 17.9 Å². The molecule has 6 nitrogen and oxygen atoms in total. The lowest BCUT2D eigenvalue weighted by molar-refractivity contribution is -0.167. The van der Waals surface area contributed by atoms with E-state index in [4.69, 9.17) is 14.2 Å². The highest BCUT2D eigenvalue weighted by atomic mass is 16.6. The second-order valence-electron chi connectivity index (χ2n) is 22.4. The van der Waals surface area contributed by atoms with Gasteiger partial charge in [0.15, 0.2) is 6.10 Å². The normalized spacial score (nSPS) is 12.4. The standard InChI is InChI=1S/C70H126O6/c1-4-7-10-13-16-19-22-25-28-31-32-33-34-35-36-37-38-40-42-45-48-51-54-57-60-63-69(72)75-66-67(65-74-68(71)62-59-56-53-50-47-44-41-30-27-24-21-18-15-12-9-6-3)76-70(73)64-61-58-55-52-49-46-43-39-29-26-23-20-17-14-11-8-5-2/h8,11,17,20,26,29-30,41,43,46,67H,4-7,9-10,12-16,18-19,21-25,27-28,31-40,42,44-45,47-66H2,1-3H3/b11-8-,20-17-,29-26-,41-30-,46-43-. The zero-order valence-electron chi connectivity index (χ0n) is 50.8. The van der Waals surface area contributed by atoms with Gasteiger partial charge in [-0.15, -0.1) is 0 Å². The number of hydrogen-bond donors (Lipinski definition) is 0. The summed E-state index contributed by atoms with van der Waals surface area (Å²) < 4.78 is 16.9. The van der Waals surface area contributed by atoms with E-state index >= 15 is 0 Å². The molecule has 1 atom stereocenters. The van der Waals surface area contributed by atoms with Crippen molar-refractivity contribution in [3.05, 3.63) is 60.8 Å². The van der Waals surface area contributed by atoms with E-state index in [1.807, 2.05) is 0 Å². The molecule has 0 aliphatic carbocycles. The van der Waals surface area contributed by atoms with Crippen molar-refractivity contribution in [1.82, 2.24) is 0 Å². The van der Waals surface area contributed by atoms with Crippen molar-refractivity contribution in [2.75, 3.05) is 13.2 Å². The van der Waals surface area contributed by atoms with E-state index < -0.39 is 6.10 Å². The molecule has 0 aromatic rings. The second-order valence-corrected chi connectivity index (χ2v) is 22.4. The first-order valence-corrected chi connectivity index (χ1v) is 33.3.